The Balaban J connectivity index is 1.93. The minimum atomic E-state index is -0.776. The SMILES string of the molecule is CC(CNCc1cc2ccccc2o1)S(C)=O. The zero-order chi connectivity index (χ0) is 12.3. The Morgan fingerprint density at radius 3 is 2.88 bits per heavy atom. The van der Waals surface area contributed by atoms with Gasteiger partial charge in [0.15, 0.2) is 0 Å². The summed E-state index contributed by atoms with van der Waals surface area (Å²) in [5.74, 6) is 0.917. The molecule has 1 aromatic heterocycles. The quantitative estimate of drug-likeness (QED) is 0.886. The van der Waals surface area contributed by atoms with Gasteiger partial charge in [0.25, 0.3) is 0 Å². The van der Waals surface area contributed by atoms with Gasteiger partial charge in [0.05, 0.1) is 6.54 Å². The van der Waals surface area contributed by atoms with Gasteiger partial charge >= 0.3 is 0 Å². The smallest absolute Gasteiger partial charge is 0.134 e. The molecule has 1 aromatic carbocycles. The molecule has 4 heteroatoms. The molecule has 2 rings (SSSR count). The van der Waals surface area contributed by atoms with Crippen LogP contribution in [0.2, 0.25) is 0 Å². The Morgan fingerprint density at radius 1 is 1.41 bits per heavy atom. The van der Waals surface area contributed by atoms with Gasteiger partial charge in [-0.05, 0) is 19.1 Å². The second kappa shape index (κ2) is 5.47. The van der Waals surface area contributed by atoms with Crippen LogP contribution in [0.4, 0.5) is 0 Å². The lowest BCUT2D eigenvalue weighted by atomic mass is 10.2. The number of benzene rings is 1. The van der Waals surface area contributed by atoms with Crippen molar-refractivity contribution < 1.29 is 8.63 Å². The average molecular weight is 251 g/mol. The number of hydrogen-bond acceptors (Lipinski definition) is 3. The summed E-state index contributed by atoms with van der Waals surface area (Å²) < 4.78 is 16.8. The molecule has 0 spiro atoms. The van der Waals surface area contributed by atoms with Crippen LogP contribution in [0, 0.1) is 0 Å². The largest absolute Gasteiger partial charge is 0.460 e. The normalized spacial score (nSPS) is 14.9. The van der Waals surface area contributed by atoms with E-state index in [9.17, 15) is 4.21 Å². The van der Waals surface area contributed by atoms with E-state index in [-0.39, 0.29) is 5.25 Å². The molecule has 1 N–H and O–H groups in total. The molecule has 0 aliphatic carbocycles. The predicted molar refractivity (Wildman–Crippen MR) is 71.4 cm³/mol. The van der Waals surface area contributed by atoms with Crippen LogP contribution in [0.15, 0.2) is 34.7 Å². The Labute approximate surface area is 104 Å². The van der Waals surface area contributed by atoms with Gasteiger partial charge in [-0.1, -0.05) is 18.2 Å². The summed E-state index contributed by atoms with van der Waals surface area (Å²) in [6.45, 7) is 3.39. The summed E-state index contributed by atoms with van der Waals surface area (Å²) in [4.78, 5) is 0. The number of rotatable bonds is 5. The van der Waals surface area contributed by atoms with Crippen molar-refractivity contribution in [1.82, 2.24) is 5.32 Å². The van der Waals surface area contributed by atoms with Crippen molar-refractivity contribution in [3.63, 3.8) is 0 Å². The average Bonchev–Trinajstić information content (AvgIpc) is 2.71. The van der Waals surface area contributed by atoms with Crippen molar-refractivity contribution in [3.8, 4) is 0 Å². The molecule has 0 saturated heterocycles. The maximum atomic E-state index is 11.2. The first-order valence-corrected chi connectivity index (χ1v) is 7.29. The first-order chi connectivity index (χ1) is 8.16. The van der Waals surface area contributed by atoms with E-state index in [1.54, 1.807) is 6.26 Å². The maximum absolute atomic E-state index is 11.2. The summed E-state index contributed by atoms with van der Waals surface area (Å²) in [5.41, 5.74) is 0.913. The van der Waals surface area contributed by atoms with Gasteiger partial charge in [0.1, 0.15) is 11.3 Å². The lowest BCUT2D eigenvalue weighted by molar-refractivity contribution is 0.513. The van der Waals surface area contributed by atoms with Gasteiger partial charge in [-0.3, -0.25) is 4.21 Å². The van der Waals surface area contributed by atoms with Crippen LogP contribution in [-0.4, -0.2) is 22.3 Å². The highest BCUT2D eigenvalue weighted by Crippen LogP contribution is 2.18. The number of fused-ring (bicyclic) bond motifs is 1. The zero-order valence-electron chi connectivity index (χ0n) is 10.1. The van der Waals surface area contributed by atoms with Gasteiger partial charge < -0.3 is 9.73 Å². The van der Waals surface area contributed by atoms with Crippen LogP contribution in [0.25, 0.3) is 11.0 Å². The van der Waals surface area contributed by atoms with Crippen molar-refractivity contribution in [2.45, 2.75) is 18.7 Å². The van der Waals surface area contributed by atoms with Crippen LogP contribution < -0.4 is 5.32 Å². The third-order valence-corrected chi connectivity index (χ3v) is 4.07. The highest BCUT2D eigenvalue weighted by molar-refractivity contribution is 7.84. The third kappa shape index (κ3) is 3.17. The molecule has 2 atom stereocenters. The number of furan rings is 1. The Bertz CT molecular complexity index is 488. The third-order valence-electron chi connectivity index (χ3n) is 2.77. The molecule has 0 fully saturated rings. The van der Waals surface area contributed by atoms with E-state index in [1.807, 2.05) is 37.3 Å². The second-order valence-electron chi connectivity index (χ2n) is 4.19. The van der Waals surface area contributed by atoms with Gasteiger partial charge in [-0.15, -0.1) is 0 Å². The molecule has 2 unspecified atom stereocenters. The van der Waals surface area contributed by atoms with Gasteiger partial charge in [-0.2, -0.15) is 0 Å². The molecule has 3 nitrogen and oxygen atoms in total. The topological polar surface area (TPSA) is 42.2 Å². The van der Waals surface area contributed by atoms with E-state index in [0.29, 0.717) is 6.54 Å². The van der Waals surface area contributed by atoms with Crippen molar-refractivity contribution >= 4 is 21.8 Å². The highest BCUT2D eigenvalue weighted by Gasteiger charge is 2.06. The first kappa shape index (κ1) is 12.3. The highest BCUT2D eigenvalue weighted by atomic mass is 32.2. The Kier molecular flexibility index (Phi) is 3.97. The van der Waals surface area contributed by atoms with E-state index in [1.165, 1.54) is 0 Å². The fourth-order valence-electron chi connectivity index (χ4n) is 1.64. The van der Waals surface area contributed by atoms with Crippen molar-refractivity contribution in [2.75, 3.05) is 12.8 Å². The van der Waals surface area contributed by atoms with Crippen LogP contribution in [-0.2, 0) is 17.3 Å². The van der Waals surface area contributed by atoms with Gasteiger partial charge in [-0.25, -0.2) is 0 Å². The van der Waals surface area contributed by atoms with Crippen molar-refractivity contribution in [3.05, 3.63) is 36.1 Å². The Hall–Kier alpha value is -1.13. The van der Waals surface area contributed by atoms with Gasteiger partial charge in [0.2, 0.25) is 0 Å². The number of hydrogen-bond donors (Lipinski definition) is 1. The van der Waals surface area contributed by atoms with E-state index >= 15 is 0 Å². The number of nitrogens with one attached hydrogen (secondary N) is 1. The summed E-state index contributed by atoms with van der Waals surface area (Å²) in [6.07, 6.45) is 1.73. The summed E-state index contributed by atoms with van der Waals surface area (Å²) >= 11 is 0. The molecule has 0 amide bonds. The molecule has 0 saturated carbocycles. The minimum absolute atomic E-state index is 0.166. The molecule has 0 aliphatic rings. The fourth-order valence-corrected chi connectivity index (χ4v) is 1.99. The predicted octanol–water partition coefficient (Wildman–Crippen LogP) is 2.29. The first-order valence-electron chi connectivity index (χ1n) is 5.67. The van der Waals surface area contributed by atoms with Crippen LogP contribution in [0.1, 0.15) is 12.7 Å². The van der Waals surface area contributed by atoms with Crippen molar-refractivity contribution in [2.24, 2.45) is 0 Å². The standard InChI is InChI=1S/C13H17NO2S/c1-10(17(2)15)8-14-9-12-7-11-5-3-4-6-13(11)16-12/h3-7,10,14H,8-9H2,1-2H3. The van der Waals surface area contributed by atoms with E-state index < -0.39 is 10.8 Å². The zero-order valence-corrected chi connectivity index (χ0v) is 10.9. The summed E-state index contributed by atoms with van der Waals surface area (Å²) in [7, 11) is -0.776. The molecular weight excluding hydrogens is 234 g/mol. The molecule has 0 aliphatic heterocycles. The maximum Gasteiger partial charge on any atom is 0.134 e. The van der Waals surface area contributed by atoms with Crippen molar-refractivity contribution in [1.29, 1.82) is 0 Å². The number of para-hydroxylation sites is 1. The molecule has 0 radical (unpaired) electrons. The molecule has 1 heterocycles. The van der Waals surface area contributed by atoms with Crippen LogP contribution >= 0.6 is 0 Å². The molecular formula is C13H17NO2S. The second-order valence-corrected chi connectivity index (χ2v) is 5.99. The molecule has 17 heavy (non-hydrogen) atoms. The summed E-state index contributed by atoms with van der Waals surface area (Å²) in [5, 5.41) is 4.54. The van der Waals surface area contributed by atoms with E-state index in [4.69, 9.17) is 4.42 Å². The van der Waals surface area contributed by atoms with Crippen LogP contribution in [0.3, 0.4) is 0 Å². The minimum Gasteiger partial charge on any atom is -0.460 e. The molecule has 0 bridgehead atoms. The summed E-state index contributed by atoms with van der Waals surface area (Å²) in [6, 6.07) is 9.99. The van der Waals surface area contributed by atoms with E-state index in [0.717, 1.165) is 23.3 Å². The monoisotopic (exact) mass is 251 g/mol. The van der Waals surface area contributed by atoms with Gasteiger partial charge in [0, 0.05) is 34.2 Å². The molecule has 92 valence electrons. The van der Waals surface area contributed by atoms with Crippen LogP contribution in [0.5, 0.6) is 0 Å². The lowest BCUT2D eigenvalue weighted by Gasteiger charge is -2.08. The fraction of sp³-hybridized carbons (Fsp3) is 0.385. The Morgan fingerprint density at radius 2 is 2.18 bits per heavy atom. The lowest BCUT2D eigenvalue weighted by Crippen LogP contribution is -2.26. The molecule has 2 aromatic rings. The van der Waals surface area contributed by atoms with E-state index in [2.05, 4.69) is 5.32 Å².